The van der Waals surface area contributed by atoms with Gasteiger partial charge in [-0.2, -0.15) is 0 Å². The maximum atomic E-state index is 11.2. The third-order valence-corrected chi connectivity index (χ3v) is 4.19. The van der Waals surface area contributed by atoms with Crippen LogP contribution in [0.25, 0.3) is 0 Å². The molecular formula is C10H14INO3S. The molecule has 16 heavy (non-hydrogen) atoms. The van der Waals surface area contributed by atoms with E-state index >= 15 is 0 Å². The number of sulfonamides is 1. The Bertz CT molecular complexity index is 437. The van der Waals surface area contributed by atoms with Crippen LogP contribution in [-0.4, -0.2) is 26.8 Å². The van der Waals surface area contributed by atoms with E-state index in [0.29, 0.717) is 12.5 Å². The molecule has 4 nitrogen and oxygen atoms in total. The van der Waals surface area contributed by atoms with Crippen molar-refractivity contribution in [3.05, 3.63) is 21.5 Å². The van der Waals surface area contributed by atoms with Crippen LogP contribution in [0.2, 0.25) is 0 Å². The Morgan fingerprint density at radius 1 is 1.44 bits per heavy atom. The van der Waals surface area contributed by atoms with Gasteiger partial charge >= 0.3 is 0 Å². The molecule has 0 bridgehead atoms. The fourth-order valence-corrected chi connectivity index (χ4v) is 2.99. The van der Waals surface area contributed by atoms with Crippen molar-refractivity contribution in [2.75, 3.05) is 6.26 Å². The summed E-state index contributed by atoms with van der Waals surface area (Å²) in [7, 11) is -3.17. The average molecular weight is 355 g/mol. The number of nitrogens with one attached hydrogen (secondary N) is 1. The number of hydrogen-bond donors (Lipinski definition) is 1. The molecule has 0 spiro atoms. The molecule has 6 heteroatoms. The van der Waals surface area contributed by atoms with Gasteiger partial charge < -0.3 is 4.74 Å². The Morgan fingerprint density at radius 3 is 2.69 bits per heavy atom. The van der Waals surface area contributed by atoms with E-state index in [4.69, 9.17) is 4.74 Å². The minimum atomic E-state index is -3.17. The molecule has 0 aliphatic heterocycles. The van der Waals surface area contributed by atoms with Crippen LogP contribution < -0.4 is 4.72 Å². The third kappa shape index (κ3) is 3.74. The van der Waals surface area contributed by atoms with Gasteiger partial charge in [0.1, 0.15) is 0 Å². The van der Waals surface area contributed by atoms with Crippen LogP contribution in [-0.2, 0) is 14.8 Å². The van der Waals surface area contributed by atoms with Crippen LogP contribution in [0.15, 0.2) is 21.5 Å². The molecule has 0 aromatic carbocycles. The molecule has 1 saturated carbocycles. The highest BCUT2D eigenvalue weighted by atomic mass is 127. The van der Waals surface area contributed by atoms with Crippen LogP contribution >= 0.6 is 22.6 Å². The Balaban J connectivity index is 2.00. The van der Waals surface area contributed by atoms with Crippen molar-refractivity contribution in [1.82, 2.24) is 4.72 Å². The number of hydrogen-bond acceptors (Lipinski definition) is 3. The van der Waals surface area contributed by atoms with E-state index in [1.807, 2.05) is 12.2 Å². The summed E-state index contributed by atoms with van der Waals surface area (Å²) in [5, 5.41) is 0. The normalized spacial score (nSPS) is 26.0. The SMILES string of the molecule is CS(=O)(=O)NC1CC(OC2CC2)=CC=C1I. The number of ether oxygens (including phenoxy) is 1. The first-order chi connectivity index (χ1) is 7.44. The van der Waals surface area contributed by atoms with E-state index in [2.05, 4.69) is 27.3 Å². The molecule has 1 fully saturated rings. The number of halogens is 1. The largest absolute Gasteiger partial charge is 0.495 e. The standard InChI is InChI=1S/C10H14INO3S/c1-16(13,14)12-10-6-8(4-5-9(10)11)15-7-2-3-7/h4-5,7,10,12H,2-3,6H2,1H3. The summed E-state index contributed by atoms with van der Waals surface area (Å²) in [5.74, 6) is 0.879. The highest BCUT2D eigenvalue weighted by Gasteiger charge is 2.27. The second-order valence-electron chi connectivity index (χ2n) is 4.15. The van der Waals surface area contributed by atoms with Gasteiger partial charge in [-0.1, -0.05) is 0 Å². The van der Waals surface area contributed by atoms with Crippen molar-refractivity contribution in [3.8, 4) is 0 Å². The Morgan fingerprint density at radius 2 is 2.12 bits per heavy atom. The minimum Gasteiger partial charge on any atom is -0.495 e. The fourth-order valence-electron chi connectivity index (χ4n) is 1.50. The van der Waals surface area contributed by atoms with Crippen LogP contribution in [0.5, 0.6) is 0 Å². The van der Waals surface area contributed by atoms with Crippen LogP contribution in [0.3, 0.4) is 0 Å². The average Bonchev–Trinajstić information content (AvgIpc) is 2.92. The maximum Gasteiger partial charge on any atom is 0.209 e. The molecule has 2 aliphatic rings. The molecule has 1 unspecified atom stereocenters. The van der Waals surface area contributed by atoms with Crippen molar-refractivity contribution in [2.45, 2.75) is 31.4 Å². The first-order valence-corrected chi connectivity index (χ1v) is 8.11. The van der Waals surface area contributed by atoms with Gasteiger partial charge in [-0.15, -0.1) is 0 Å². The van der Waals surface area contributed by atoms with Gasteiger partial charge in [-0.05, 0) is 47.6 Å². The van der Waals surface area contributed by atoms with Gasteiger partial charge in [0, 0.05) is 10.0 Å². The van der Waals surface area contributed by atoms with E-state index in [1.165, 1.54) is 6.26 Å². The highest BCUT2D eigenvalue weighted by Crippen LogP contribution is 2.31. The van der Waals surface area contributed by atoms with Gasteiger partial charge in [0.15, 0.2) is 0 Å². The fraction of sp³-hybridized carbons (Fsp3) is 0.600. The van der Waals surface area contributed by atoms with Gasteiger partial charge in [-0.25, -0.2) is 13.1 Å². The zero-order chi connectivity index (χ0) is 11.8. The lowest BCUT2D eigenvalue weighted by molar-refractivity contribution is 0.183. The second kappa shape index (κ2) is 4.66. The lowest BCUT2D eigenvalue weighted by Crippen LogP contribution is -2.35. The second-order valence-corrected chi connectivity index (χ2v) is 7.17. The van der Waals surface area contributed by atoms with E-state index in [9.17, 15) is 8.42 Å². The van der Waals surface area contributed by atoms with Gasteiger partial charge in [0.2, 0.25) is 10.0 Å². The van der Waals surface area contributed by atoms with Crippen molar-refractivity contribution in [3.63, 3.8) is 0 Å². The molecule has 1 atom stereocenters. The minimum absolute atomic E-state index is 0.172. The molecule has 0 amide bonds. The molecule has 0 saturated heterocycles. The highest BCUT2D eigenvalue weighted by molar-refractivity contribution is 14.1. The molecule has 0 heterocycles. The van der Waals surface area contributed by atoms with Crippen molar-refractivity contribution >= 4 is 32.6 Å². The summed E-state index contributed by atoms with van der Waals surface area (Å²) in [6, 6.07) is -0.172. The molecule has 2 rings (SSSR count). The summed E-state index contributed by atoms with van der Waals surface area (Å²) in [6.45, 7) is 0. The molecule has 2 aliphatic carbocycles. The quantitative estimate of drug-likeness (QED) is 0.781. The molecular weight excluding hydrogens is 341 g/mol. The van der Waals surface area contributed by atoms with Crippen LogP contribution in [0.4, 0.5) is 0 Å². The summed E-state index contributed by atoms with van der Waals surface area (Å²) in [6.07, 6.45) is 8.21. The van der Waals surface area contributed by atoms with Crippen LogP contribution in [0.1, 0.15) is 19.3 Å². The molecule has 0 radical (unpaired) electrons. The first kappa shape index (κ1) is 12.4. The number of rotatable bonds is 4. The topological polar surface area (TPSA) is 55.4 Å². The molecule has 0 aromatic heterocycles. The van der Waals surface area contributed by atoms with E-state index in [-0.39, 0.29) is 6.04 Å². The van der Waals surface area contributed by atoms with Gasteiger partial charge in [0.05, 0.1) is 24.2 Å². The van der Waals surface area contributed by atoms with Gasteiger partial charge in [-0.3, -0.25) is 0 Å². The summed E-state index contributed by atoms with van der Waals surface area (Å²) >= 11 is 2.15. The van der Waals surface area contributed by atoms with Crippen molar-refractivity contribution < 1.29 is 13.2 Å². The molecule has 0 aromatic rings. The van der Waals surface area contributed by atoms with E-state index < -0.39 is 10.0 Å². The van der Waals surface area contributed by atoms with E-state index in [1.54, 1.807) is 0 Å². The predicted octanol–water partition coefficient (Wildman–Crippen LogP) is 1.69. The Hall–Kier alpha value is -0.0800. The molecule has 90 valence electrons. The van der Waals surface area contributed by atoms with E-state index in [0.717, 1.165) is 22.2 Å². The summed E-state index contributed by atoms with van der Waals surface area (Å²) in [5.41, 5.74) is 0. The van der Waals surface area contributed by atoms with Crippen molar-refractivity contribution in [2.24, 2.45) is 0 Å². The number of allylic oxidation sites excluding steroid dienone is 2. The van der Waals surface area contributed by atoms with Crippen LogP contribution in [0, 0.1) is 0 Å². The third-order valence-electron chi connectivity index (χ3n) is 2.37. The summed E-state index contributed by atoms with van der Waals surface area (Å²) in [4.78, 5) is 0. The lowest BCUT2D eigenvalue weighted by Gasteiger charge is -2.22. The molecule has 1 N–H and O–H groups in total. The van der Waals surface area contributed by atoms with Crippen molar-refractivity contribution in [1.29, 1.82) is 0 Å². The zero-order valence-corrected chi connectivity index (χ0v) is 11.9. The monoisotopic (exact) mass is 355 g/mol. The maximum absolute atomic E-state index is 11.2. The summed E-state index contributed by atoms with van der Waals surface area (Å²) < 4.78 is 31.6. The Kier molecular flexibility index (Phi) is 3.60. The smallest absolute Gasteiger partial charge is 0.209 e. The lowest BCUT2D eigenvalue weighted by atomic mass is 10.1. The zero-order valence-electron chi connectivity index (χ0n) is 8.94. The first-order valence-electron chi connectivity index (χ1n) is 5.14. The van der Waals surface area contributed by atoms with Gasteiger partial charge in [0.25, 0.3) is 0 Å². The Labute approximate surface area is 109 Å². The predicted molar refractivity (Wildman–Crippen MR) is 70.7 cm³/mol.